The normalized spacial score (nSPS) is 25.3. The third-order valence-corrected chi connectivity index (χ3v) is 5.33. The molecule has 0 aromatic heterocycles. The van der Waals surface area contributed by atoms with Gasteiger partial charge in [0, 0.05) is 33.3 Å². The minimum Gasteiger partial charge on any atom is -0.388 e. The molecule has 0 amide bonds. The number of hydrogen-bond acceptors (Lipinski definition) is 3. The summed E-state index contributed by atoms with van der Waals surface area (Å²) in [5, 5.41) is 13.8. The molecule has 0 unspecified atom stereocenters. The average molecular weight is 437 g/mol. The third-order valence-electron chi connectivity index (χ3n) is 5.33. The second-order valence-electron chi connectivity index (χ2n) is 7.30. The molecule has 23 heavy (non-hydrogen) atoms. The average Bonchev–Trinajstić information content (AvgIpc) is 3.27. The van der Waals surface area contributed by atoms with Gasteiger partial charge in [0.05, 0.1) is 11.7 Å². The molecule has 0 spiro atoms. The molecular weight excluding hydrogens is 405 g/mol. The standard InChI is InChI=1S/C17H31N3O2.HI/c1-18-16(19-13-17(21)8-2-3-9-17)20-10-6-15(7-11-20)22-12-14-4-5-14;/h14-15,21H,2-13H2,1H3,(H,18,19);1H. The Morgan fingerprint density at radius 3 is 2.43 bits per heavy atom. The van der Waals surface area contributed by atoms with Crippen LogP contribution < -0.4 is 5.32 Å². The summed E-state index contributed by atoms with van der Waals surface area (Å²) in [4.78, 5) is 6.69. The van der Waals surface area contributed by atoms with Crippen molar-refractivity contribution >= 4 is 29.9 Å². The van der Waals surface area contributed by atoms with Crippen molar-refractivity contribution in [2.45, 2.75) is 63.1 Å². The summed E-state index contributed by atoms with van der Waals surface area (Å²) in [6.45, 7) is 3.57. The van der Waals surface area contributed by atoms with Gasteiger partial charge in [-0.2, -0.15) is 0 Å². The molecule has 134 valence electrons. The number of likely N-dealkylation sites (tertiary alicyclic amines) is 1. The first-order chi connectivity index (χ1) is 10.7. The van der Waals surface area contributed by atoms with Crippen LogP contribution in [0.15, 0.2) is 4.99 Å². The molecule has 0 aromatic carbocycles. The van der Waals surface area contributed by atoms with Gasteiger partial charge in [-0.15, -0.1) is 24.0 Å². The molecule has 2 saturated carbocycles. The first-order valence-corrected chi connectivity index (χ1v) is 8.98. The van der Waals surface area contributed by atoms with Crippen molar-refractivity contribution in [2.24, 2.45) is 10.9 Å². The lowest BCUT2D eigenvalue weighted by atomic mass is 10.0. The van der Waals surface area contributed by atoms with Crippen LogP contribution in [0.5, 0.6) is 0 Å². The number of rotatable bonds is 5. The van der Waals surface area contributed by atoms with E-state index in [4.69, 9.17) is 4.74 Å². The Morgan fingerprint density at radius 1 is 1.22 bits per heavy atom. The van der Waals surface area contributed by atoms with Crippen molar-refractivity contribution in [3.05, 3.63) is 0 Å². The highest BCUT2D eigenvalue weighted by Crippen LogP contribution is 2.30. The fourth-order valence-electron chi connectivity index (χ4n) is 3.58. The number of aliphatic hydroxyl groups is 1. The topological polar surface area (TPSA) is 57.1 Å². The summed E-state index contributed by atoms with van der Waals surface area (Å²) in [5.41, 5.74) is -0.526. The van der Waals surface area contributed by atoms with Crippen LogP contribution >= 0.6 is 24.0 Å². The number of guanidine groups is 1. The quantitative estimate of drug-likeness (QED) is 0.394. The van der Waals surface area contributed by atoms with E-state index in [1.165, 1.54) is 12.8 Å². The highest BCUT2D eigenvalue weighted by Gasteiger charge is 2.32. The highest BCUT2D eigenvalue weighted by molar-refractivity contribution is 14.0. The number of nitrogens with zero attached hydrogens (tertiary/aromatic N) is 2. The highest BCUT2D eigenvalue weighted by atomic mass is 127. The van der Waals surface area contributed by atoms with Crippen molar-refractivity contribution in [2.75, 3.05) is 33.3 Å². The molecule has 0 radical (unpaired) electrons. The fraction of sp³-hybridized carbons (Fsp3) is 0.941. The first-order valence-electron chi connectivity index (χ1n) is 8.98. The van der Waals surface area contributed by atoms with Crippen LogP contribution in [0.4, 0.5) is 0 Å². The van der Waals surface area contributed by atoms with Gasteiger partial charge in [0.25, 0.3) is 0 Å². The van der Waals surface area contributed by atoms with E-state index in [9.17, 15) is 5.11 Å². The monoisotopic (exact) mass is 437 g/mol. The van der Waals surface area contributed by atoms with Crippen molar-refractivity contribution in [3.63, 3.8) is 0 Å². The van der Waals surface area contributed by atoms with Crippen molar-refractivity contribution in [3.8, 4) is 0 Å². The minimum atomic E-state index is -0.526. The van der Waals surface area contributed by atoms with Crippen LogP contribution in [0, 0.1) is 5.92 Å². The van der Waals surface area contributed by atoms with Crippen LogP contribution in [0.3, 0.4) is 0 Å². The Morgan fingerprint density at radius 2 is 1.87 bits per heavy atom. The SMILES string of the molecule is CN=C(NCC1(O)CCCC1)N1CCC(OCC2CC2)CC1.I. The van der Waals surface area contributed by atoms with Crippen LogP contribution in [0.1, 0.15) is 51.4 Å². The molecular formula is C17H32IN3O2. The van der Waals surface area contributed by atoms with Gasteiger partial charge in [0.15, 0.2) is 5.96 Å². The second kappa shape index (κ2) is 8.85. The number of hydrogen-bond donors (Lipinski definition) is 2. The summed E-state index contributed by atoms with van der Waals surface area (Å²) in [7, 11) is 1.83. The largest absolute Gasteiger partial charge is 0.388 e. The van der Waals surface area contributed by atoms with E-state index >= 15 is 0 Å². The Bertz CT molecular complexity index is 387. The smallest absolute Gasteiger partial charge is 0.193 e. The zero-order valence-electron chi connectivity index (χ0n) is 14.3. The Kier molecular flexibility index (Phi) is 7.41. The molecule has 1 saturated heterocycles. The lowest BCUT2D eigenvalue weighted by molar-refractivity contribution is 0.0124. The molecule has 1 heterocycles. The Labute approximate surface area is 157 Å². The second-order valence-corrected chi connectivity index (χ2v) is 7.30. The number of aliphatic imine (C=N–C) groups is 1. The molecule has 5 nitrogen and oxygen atoms in total. The van der Waals surface area contributed by atoms with Crippen LogP contribution in [0.25, 0.3) is 0 Å². The fourth-order valence-corrected chi connectivity index (χ4v) is 3.58. The molecule has 2 aliphatic carbocycles. The van der Waals surface area contributed by atoms with Crippen molar-refractivity contribution < 1.29 is 9.84 Å². The number of nitrogens with one attached hydrogen (secondary N) is 1. The maximum absolute atomic E-state index is 10.4. The summed E-state index contributed by atoms with van der Waals surface area (Å²) in [6.07, 6.45) is 9.41. The van der Waals surface area contributed by atoms with E-state index < -0.39 is 5.60 Å². The summed E-state index contributed by atoms with van der Waals surface area (Å²) in [6, 6.07) is 0. The van der Waals surface area contributed by atoms with Crippen LogP contribution in [-0.2, 0) is 4.74 Å². The van der Waals surface area contributed by atoms with E-state index in [0.29, 0.717) is 12.6 Å². The van der Waals surface area contributed by atoms with E-state index in [1.807, 2.05) is 7.05 Å². The number of halogens is 1. The molecule has 0 atom stereocenters. The van der Waals surface area contributed by atoms with Gasteiger partial charge < -0.3 is 20.1 Å². The van der Waals surface area contributed by atoms with Gasteiger partial charge >= 0.3 is 0 Å². The van der Waals surface area contributed by atoms with Gasteiger partial charge in [-0.1, -0.05) is 12.8 Å². The van der Waals surface area contributed by atoms with Gasteiger partial charge in [-0.25, -0.2) is 0 Å². The maximum atomic E-state index is 10.4. The molecule has 6 heteroatoms. The Hall–Kier alpha value is -0.0800. The van der Waals surface area contributed by atoms with E-state index in [-0.39, 0.29) is 24.0 Å². The minimum absolute atomic E-state index is 0. The summed E-state index contributed by atoms with van der Waals surface area (Å²) < 4.78 is 6.00. The number of piperidine rings is 1. The molecule has 3 aliphatic rings. The van der Waals surface area contributed by atoms with E-state index in [2.05, 4.69) is 15.2 Å². The van der Waals surface area contributed by atoms with Gasteiger partial charge in [-0.05, 0) is 44.4 Å². The van der Waals surface area contributed by atoms with Crippen LogP contribution in [-0.4, -0.2) is 61.0 Å². The van der Waals surface area contributed by atoms with Gasteiger partial charge in [0.1, 0.15) is 0 Å². The van der Waals surface area contributed by atoms with E-state index in [1.54, 1.807) is 0 Å². The molecule has 2 N–H and O–H groups in total. The van der Waals surface area contributed by atoms with Crippen molar-refractivity contribution in [1.29, 1.82) is 0 Å². The molecule has 1 aliphatic heterocycles. The lowest BCUT2D eigenvalue weighted by Crippen LogP contribution is -2.50. The predicted molar refractivity (Wildman–Crippen MR) is 103 cm³/mol. The maximum Gasteiger partial charge on any atom is 0.193 e. The van der Waals surface area contributed by atoms with Gasteiger partial charge in [0.2, 0.25) is 0 Å². The van der Waals surface area contributed by atoms with E-state index in [0.717, 1.165) is 70.1 Å². The lowest BCUT2D eigenvalue weighted by Gasteiger charge is -2.35. The van der Waals surface area contributed by atoms with Crippen LogP contribution in [0.2, 0.25) is 0 Å². The molecule has 3 rings (SSSR count). The number of ether oxygens (including phenoxy) is 1. The predicted octanol–water partition coefficient (Wildman–Crippen LogP) is 2.38. The van der Waals surface area contributed by atoms with Crippen molar-refractivity contribution in [1.82, 2.24) is 10.2 Å². The first kappa shape index (κ1) is 19.2. The summed E-state index contributed by atoms with van der Waals surface area (Å²) in [5.74, 6) is 1.78. The molecule has 0 aromatic rings. The summed E-state index contributed by atoms with van der Waals surface area (Å²) >= 11 is 0. The zero-order chi connectivity index (χ0) is 15.4. The Balaban J connectivity index is 0.00000192. The molecule has 3 fully saturated rings. The zero-order valence-corrected chi connectivity index (χ0v) is 16.6. The van der Waals surface area contributed by atoms with Gasteiger partial charge in [-0.3, -0.25) is 4.99 Å². The third kappa shape index (κ3) is 5.74. The molecule has 0 bridgehead atoms.